The van der Waals surface area contributed by atoms with Crippen LogP contribution in [0, 0.1) is 5.82 Å². The standard InChI is InChI=1S/C22H16BrFN2O/c23-16-8-11-21-18(12-16)20-13-19(14-4-2-1-3-5-14)25-26(20)22(27-21)15-6-9-17(24)10-7-15/h1-12,20,22H,13H2/t20-,22-/m1/s1. The van der Waals surface area contributed by atoms with Gasteiger partial charge in [0.25, 0.3) is 0 Å². The summed E-state index contributed by atoms with van der Waals surface area (Å²) in [6, 6.07) is 22.8. The Hall–Kier alpha value is -2.66. The Morgan fingerprint density at radius 3 is 2.56 bits per heavy atom. The van der Waals surface area contributed by atoms with E-state index in [9.17, 15) is 4.39 Å². The molecular weight excluding hydrogens is 407 g/mol. The van der Waals surface area contributed by atoms with E-state index in [2.05, 4.69) is 34.1 Å². The zero-order valence-corrected chi connectivity index (χ0v) is 15.9. The molecule has 2 heterocycles. The number of hydrogen-bond donors (Lipinski definition) is 0. The van der Waals surface area contributed by atoms with Gasteiger partial charge in [-0.05, 0) is 35.9 Å². The highest BCUT2D eigenvalue weighted by molar-refractivity contribution is 9.10. The lowest BCUT2D eigenvalue weighted by Crippen LogP contribution is -2.33. The number of benzene rings is 3. The molecule has 0 saturated heterocycles. The summed E-state index contributed by atoms with van der Waals surface area (Å²) in [7, 11) is 0. The number of nitrogens with zero attached hydrogens (tertiary/aromatic N) is 2. The molecule has 2 atom stereocenters. The summed E-state index contributed by atoms with van der Waals surface area (Å²) in [6.07, 6.45) is 0.416. The quantitative estimate of drug-likeness (QED) is 0.518. The predicted octanol–water partition coefficient (Wildman–Crippen LogP) is 5.83. The fraction of sp³-hybridized carbons (Fsp3) is 0.136. The molecule has 0 spiro atoms. The van der Waals surface area contributed by atoms with Crippen LogP contribution in [0.3, 0.4) is 0 Å². The molecule has 0 unspecified atom stereocenters. The van der Waals surface area contributed by atoms with Gasteiger partial charge in [0, 0.05) is 22.0 Å². The molecule has 3 aromatic rings. The predicted molar refractivity (Wildman–Crippen MR) is 106 cm³/mol. The van der Waals surface area contributed by atoms with Gasteiger partial charge in [-0.15, -0.1) is 0 Å². The molecule has 0 bridgehead atoms. The largest absolute Gasteiger partial charge is 0.464 e. The van der Waals surface area contributed by atoms with Crippen molar-refractivity contribution in [2.45, 2.75) is 18.7 Å². The van der Waals surface area contributed by atoms with E-state index >= 15 is 0 Å². The van der Waals surface area contributed by atoms with E-state index in [4.69, 9.17) is 9.84 Å². The maximum absolute atomic E-state index is 13.4. The van der Waals surface area contributed by atoms with E-state index in [-0.39, 0.29) is 18.1 Å². The summed E-state index contributed by atoms with van der Waals surface area (Å²) in [5, 5.41) is 6.91. The SMILES string of the molecule is Fc1ccc([C@H]2Oc3ccc(Br)cc3[C@H]3CC(c4ccccc4)=NN32)cc1. The molecule has 0 N–H and O–H groups in total. The van der Waals surface area contributed by atoms with Gasteiger partial charge in [0.15, 0.2) is 0 Å². The third-order valence-electron chi connectivity index (χ3n) is 5.01. The van der Waals surface area contributed by atoms with E-state index in [0.717, 1.165) is 39.0 Å². The van der Waals surface area contributed by atoms with Gasteiger partial charge < -0.3 is 4.74 Å². The van der Waals surface area contributed by atoms with Crippen molar-refractivity contribution in [1.82, 2.24) is 5.01 Å². The van der Waals surface area contributed by atoms with Crippen LogP contribution in [0.25, 0.3) is 0 Å². The van der Waals surface area contributed by atoms with Crippen LogP contribution in [-0.4, -0.2) is 10.7 Å². The maximum atomic E-state index is 13.4. The first-order valence-corrected chi connectivity index (χ1v) is 9.61. The molecule has 3 nitrogen and oxygen atoms in total. The van der Waals surface area contributed by atoms with Crippen LogP contribution in [0.5, 0.6) is 5.75 Å². The molecule has 27 heavy (non-hydrogen) atoms. The van der Waals surface area contributed by atoms with Crippen LogP contribution in [0.15, 0.2) is 82.4 Å². The van der Waals surface area contributed by atoms with Crippen molar-refractivity contribution in [3.05, 3.63) is 99.8 Å². The Kier molecular flexibility index (Phi) is 3.97. The normalized spacial score (nSPS) is 20.5. The average Bonchev–Trinajstić information content (AvgIpc) is 3.15. The third kappa shape index (κ3) is 2.92. The van der Waals surface area contributed by atoms with Crippen molar-refractivity contribution in [2.75, 3.05) is 0 Å². The number of halogens is 2. The molecule has 0 aromatic heterocycles. The fourth-order valence-electron chi connectivity index (χ4n) is 3.71. The van der Waals surface area contributed by atoms with Gasteiger partial charge in [0.05, 0.1) is 11.8 Å². The van der Waals surface area contributed by atoms with E-state index in [1.807, 2.05) is 35.3 Å². The van der Waals surface area contributed by atoms with Crippen LogP contribution in [-0.2, 0) is 0 Å². The van der Waals surface area contributed by atoms with Crippen LogP contribution < -0.4 is 4.74 Å². The van der Waals surface area contributed by atoms with Gasteiger partial charge in [-0.3, -0.25) is 0 Å². The minimum atomic E-state index is -0.384. The van der Waals surface area contributed by atoms with E-state index in [1.165, 1.54) is 12.1 Å². The zero-order valence-electron chi connectivity index (χ0n) is 14.3. The average molecular weight is 423 g/mol. The molecule has 0 fully saturated rings. The molecular formula is C22H16BrFN2O. The van der Waals surface area contributed by atoms with E-state index in [0.29, 0.717) is 0 Å². The number of fused-ring (bicyclic) bond motifs is 3. The van der Waals surface area contributed by atoms with Crippen molar-refractivity contribution in [2.24, 2.45) is 5.10 Å². The smallest absolute Gasteiger partial charge is 0.213 e. The molecule has 5 rings (SSSR count). The lowest BCUT2D eigenvalue weighted by Gasteiger charge is -2.38. The van der Waals surface area contributed by atoms with Crippen molar-refractivity contribution in [1.29, 1.82) is 0 Å². The molecule has 2 aliphatic rings. The molecule has 3 aromatic carbocycles. The molecule has 0 radical (unpaired) electrons. The molecule has 134 valence electrons. The summed E-state index contributed by atoms with van der Waals surface area (Å²) < 4.78 is 20.7. The first-order valence-electron chi connectivity index (χ1n) is 8.82. The second-order valence-electron chi connectivity index (χ2n) is 6.72. The number of hydrazone groups is 1. The topological polar surface area (TPSA) is 24.8 Å². The summed E-state index contributed by atoms with van der Waals surface area (Å²) in [5.74, 6) is 0.587. The minimum Gasteiger partial charge on any atom is -0.464 e. The van der Waals surface area contributed by atoms with Crippen LogP contribution in [0.1, 0.15) is 35.4 Å². The summed E-state index contributed by atoms with van der Waals surface area (Å²) >= 11 is 3.56. The van der Waals surface area contributed by atoms with Crippen LogP contribution >= 0.6 is 15.9 Å². The van der Waals surface area contributed by atoms with Crippen LogP contribution in [0.4, 0.5) is 4.39 Å². The van der Waals surface area contributed by atoms with Gasteiger partial charge in [0.1, 0.15) is 11.6 Å². The van der Waals surface area contributed by atoms with Crippen molar-refractivity contribution < 1.29 is 9.13 Å². The Bertz CT molecular complexity index is 1020. The highest BCUT2D eigenvalue weighted by atomic mass is 79.9. The van der Waals surface area contributed by atoms with Gasteiger partial charge in [-0.25, -0.2) is 9.40 Å². The Morgan fingerprint density at radius 1 is 1.00 bits per heavy atom. The molecule has 2 aliphatic heterocycles. The van der Waals surface area contributed by atoms with Gasteiger partial charge in [0.2, 0.25) is 6.23 Å². The molecule has 0 aliphatic carbocycles. The Labute approximate surface area is 165 Å². The van der Waals surface area contributed by atoms with Crippen molar-refractivity contribution in [3.63, 3.8) is 0 Å². The molecule has 0 saturated carbocycles. The third-order valence-corrected chi connectivity index (χ3v) is 5.51. The monoisotopic (exact) mass is 422 g/mol. The Balaban J connectivity index is 1.61. The van der Waals surface area contributed by atoms with Gasteiger partial charge in [-0.2, -0.15) is 5.10 Å². The Morgan fingerprint density at radius 2 is 1.78 bits per heavy atom. The summed E-state index contributed by atoms with van der Waals surface area (Å²) in [5.41, 5.74) is 4.14. The number of ether oxygens (including phenoxy) is 1. The fourth-order valence-corrected chi connectivity index (χ4v) is 4.09. The lowest BCUT2D eigenvalue weighted by atomic mass is 9.96. The lowest BCUT2D eigenvalue weighted by molar-refractivity contribution is -0.0191. The van der Waals surface area contributed by atoms with E-state index in [1.54, 1.807) is 12.1 Å². The first kappa shape index (κ1) is 16.5. The second-order valence-corrected chi connectivity index (χ2v) is 7.63. The zero-order chi connectivity index (χ0) is 18.4. The highest BCUT2D eigenvalue weighted by Crippen LogP contribution is 2.48. The summed E-state index contributed by atoms with van der Waals surface area (Å²) in [4.78, 5) is 0. The van der Waals surface area contributed by atoms with Crippen molar-refractivity contribution >= 4 is 21.6 Å². The first-order chi connectivity index (χ1) is 13.2. The minimum absolute atomic E-state index is 0.0801. The van der Waals surface area contributed by atoms with Crippen molar-refractivity contribution in [3.8, 4) is 5.75 Å². The molecule has 5 heteroatoms. The molecule has 0 amide bonds. The highest BCUT2D eigenvalue weighted by Gasteiger charge is 2.41. The number of rotatable bonds is 2. The van der Waals surface area contributed by atoms with Gasteiger partial charge >= 0.3 is 0 Å². The van der Waals surface area contributed by atoms with E-state index < -0.39 is 0 Å². The van der Waals surface area contributed by atoms with Gasteiger partial charge in [-0.1, -0.05) is 58.4 Å². The summed E-state index contributed by atoms with van der Waals surface area (Å²) in [6.45, 7) is 0. The maximum Gasteiger partial charge on any atom is 0.213 e. The second kappa shape index (κ2) is 6.50. The number of hydrogen-bond acceptors (Lipinski definition) is 3. The van der Waals surface area contributed by atoms with Crippen LogP contribution in [0.2, 0.25) is 0 Å².